The summed E-state index contributed by atoms with van der Waals surface area (Å²) in [4.78, 5) is 5.34. The van der Waals surface area contributed by atoms with E-state index in [1.54, 1.807) is 18.0 Å². The number of halogens is 1. The van der Waals surface area contributed by atoms with Gasteiger partial charge in [0, 0.05) is 11.1 Å². The van der Waals surface area contributed by atoms with Gasteiger partial charge in [-0.15, -0.1) is 11.8 Å². The van der Waals surface area contributed by atoms with Gasteiger partial charge in [-0.1, -0.05) is 0 Å². The highest BCUT2D eigenvalue weighted by Crippen LogP contribution is 2.33. The molecule has 1 fully saturated rings. The fourth-order valence-electron chi connectivity index (χ4n) is 0.997. The molecule has 4 heteroatoms. The molecule has 1 aromatic heterocycles. The second-order valence-electron chi connectivity index (χ2n) is 2.97. The van der Waals surface area contributed by atoms with E-state index >= 15 is 0 Å². The summed E-state index contributed by atoms with van der Waals surface area (Å²) in [6.07, 6.45) is 8.58. The maximum atomic E-state index is 5.72. The maximum Gasteiger partial charge on any atom is 0.152 e. The summed E-state index contributed by atoms with van der Waals surface area (Å²) in [5.41, 5.74) is 0. The summed E-state index contributed by atoms with van der Waals surface area (Å²) >= 11 is 4.02. The Hall–Kier alpha value is 0.0300. The van der Waals surface area contributed by atoms with E-state index in [1.165, 1.54) is 21.3 Å². The average molecular weight is 307 g/mol. The Bertz CT molecular complexity index is 314. The Morgan fingerprint density at radius 3 is 2.92 bits per heavy atom. The Morgan fingerprint density at radius 2 is 2.31 bits per heavy atom. The molecular weight excluding hydrogens is 297 g/mol. The van der Waals surface area contributed by atoms with Gasteiger partial charge in [0.25, 0.3) is 0 Å². The summed E-state index contributed by atoms with van der Waals surface area (Å²) in [7, 11) is 0. The predicted molar refractivity (Wildman–Crippen MR) is 62.4 cm³/mol. The van der Waals surface area contributed by atoms with Gasteiger partial charge in [-0.2, -0.15) is 0 Å². The van der Waals surface area contributed by atoms with E-state index in [9.17, 15) is 0 Å². The number of pyridine rings is 1. The fraction of sp³-hybridized carbons (Fsp3) is 0.444. The van der Waals surface area contributed by atoms with Crippen LogP contribution in [-0.4, -0.2) is 17.3 Å². The van der Waals surface area contributed by atoms with E-state index < -0.39 is 0 Å². The molecule has 1 heterocycles. The van der Waals surface area contributed by atoms with Gasteiger partial charge in [-0.05, 0) is 41.7 Å². The van der Waals surface area contributed by atoms with E-state index in [0.29, 0.717) is 6.10 Å². The summed E-state index contributed by atoms with van der Waals surface area (Å²) in [6, 6.07) is 0. The number of aromatic nitrogens is 1. The highest BCUT2D eigenvalue weighted by atomic mass is 127. The minimum absolute atomic E-state index is 0.451. The molecule has 0 saturated heterocycles. The Balaban J connectivity index is 2.22. The molecule has 0 aliphatic heterocycles. The first-order chi connectivity index (χ1) is 6.31. The zero-order valence-corrected chi connectivity index (χ0v) is 10.3. The molecule has 0 N–H and O–H groups in total. The first-order valence-electron chi connectivity index (χ1n) is 4.15. The molecule has 70 valence electrons. The molecule has 1 aliphatic rings. The van der Waals surface area contributed by atoms with Gasteiger partial charge in [0.2, 0.25) is 0 Å². The lowest BCUT2D eigenvalue weighted by Gasteiger charge is -2.08. The first kappa shape index (κ1) is 9.58. The second-order valence-corrected chi connectivity index (χ2v) is 4.90. The summed E-state index contributed by atoms with van der Waals surface area (Å²) in [6.45, 7) is 0. The zero-order valence-electron chi connectivity index (χ0n) is 7.29. The van der Waals surface area contributed by atoms with Crippen LogP contribution in [0.15, 0.2) is 17.3 Å². The normalized spacial score (nSPS) is 15.8. The van der Waals surface area contributed by atoms with Crippen LogP contribution in [-0.2, 0) is 0 Å². The molecular formula is C9H10INOS. The molecule has 13 heavy (non-hydrogen) atoms. The van der Waals surface area contributed by atoms with Crippen molar-refractivity contribution in [1.82, 2.24) is 4.98 Å². The number of hydrogen-bond donors (Lipinski definition) is 0. The van der Waals surface area contributed by atoms with Crippen LogP contribution >= 0.6 is 34.4 Å². The minimum atomic E-state index is 0.451. The third-order valence-electron chi connectivity index (χ3n) is 1.85. The summed E-state index contributed by atoms with van der Waals surface area (Å²) < 4.78 is 6.90. The molecule has 1 saturated carbocycles. The predicted octanol–water partition coefficient (Wildman–Crippen LogP) is 2.95. The van der Waals surface area contributed by atoms with E-state index in [4.69, 9.17) is 4.74 Å². The van der Waals surface area contributed by atoms with Gasteiger partial charge in [0.05, 0.1) is 15.9 Å². The van der Waals surface area contributed by atoms with Crippen LogP contribution in [0.5, 0.6) is 5.75 Å². The third-order valence-corrected chi connectivity index (χ3v) is 4.08. The van der Waals surface area contributed by atoms with E-state index in [1.807, 2.05) is 6.20 Å². The van der Waals surface area contributed by atoms with Crippen LogP contribution in [0.2, 0.25) is 0 Å². The topological polar surface area (TPSA) is 22.1 Å². The van der Waals surface area contributed by atoms with Crippen LogP contribution in [0.4, 0.5) is 0 Å². The SMILES string of the molecule is CSc1cncc(OC2CC2)c1I. The molecule has 1 aliphatic carbocycles. The Morgan fingerprint density at radius 1 is 1.54 bits per heavy atom. The van der Waals surface area contributed by atoms with Crippen molar-refractivity contribution < 1.29 is 4.74 Å². The molecule has 0 spiro atoms. The number of rotatable bonds is 3. The van der Waals surface area contributed by atoms with Gasteiger partial charge in [0.15, 0.2) is 5.75 Å². The third kappa shape index (κ3) is 2.28. The van der Waals surface area contributed by atoms with Crippen molar-refractivity contribution in [3.05, 3.63) is 16.0 Å². The summed E-state index contributed by atoms with van der Waals surface area (Å²) in [5, 5.41) is 0. The molecule has 0 unspecified atom stereocenters. The van der Waals surface area contributed by atoms with Crippen molar-refractivity contribution in [2.45, 2.75) is 23.8 Å². The second kappa shape index (κ2) is 4.04. The lowest BCUT2D eigenvalue weighted by molar-refractivity contribution is 0.299. The molecule has 0 aromatic carbocycles. The van der Waals surface area contributed by atoms with Gasteiger partial charge in [0.1, 0.15) is 0 Å². The number of thioether (sulfide) groups is 1. The lowest BCUT2D eigenvalue weighted by Crippen LogP contribution is -1.99. The first-order valence-corrected chi connectivity index (χ1v) is 6.45. The van der Waals surface area contributed by atoms with Gasteiger partial charge < -0.3 is 4.74 Å². The van der Waals surface area contributed by atoms with Crippen LogP contribution in [0.25, 0.3) is 0 Å². The van der Waals surface area contributed by atoms with Crippen LogP contribution in [0.3, 0.4) is 0 Å². The average Bonchev–Trinajstić information content (AvgIpc) is 2.92. The molecule has 0 amide bonds. The lowest BCUT2D eigenvalue weighted by atomic mass is 10.4. The van der Waals surface area contributed by atoms with Crippen molar-refractivity contribution in [3.63, 3.8) is 0 Å². The van der Waals surface area contributed by atoms with Crippen LogP contribution in [0.1, 0.15) is 12.8 Å². The van der Waals surface area contributed by atoms with Crippen molar-refractivity contribution in [1.29, 1.82) is 0 Å². The van der Waals surface area contributed by atoms with E-state index in [0.717, 1.165) is 5.75 Å². The van der Waals surface area contributed by atoms with Crippen LogP contribution in [0, 0.1) is 3.57 Å². The van der Waals surface area contributed by atoms with Crippen molar-refractivity contribution in [3.8, 4) is 5.75 Å². The molecule has 0 bridgehead atoms. The summed E-state index contributed by atoms with van der Waals surface area (Å²) in [5.74, 6) is 0.940. The fourth-order valence-corrected chi connectivity index (χ4v) is 2.51. The molecule has 2 rings (SSSR count). The Kier molecular flexibility index (Phi) is 2.98. The van der Waals surface area contributed by atoms with Gasteiger partial charge in [-0.25, -0.2) is 0 Å². The van der Waals surface area contributed by atoms with Gasteiger partial charge >= 0.3 is 0 Å². The van der Waals surface area contributed by atoms with E-state index in [-0.39, 0.29) is 0 Å². The maximum absolute atomic E-state index is 5.72. The van der Waals surface area contributed by atoms with Crippen LogP contribution < -0.4 is 4.74 Å². The van der Waals surface area contributed by atoms with Gasteiger partial charge in [-0.3, -0.25) is 4.98 Å². The zero-order chi connectivity index (χ0) is 9.26. The molecule has 0 radical (unpaired) electrons. The van der Waals surface area contributed by atoms with Crippen molar-refractivity contribution >= 4 is 34.4 Å². The smallest absolute Gasteiger partial charge is 0.152 e. The molecule has 0 atom stereocenters. The number of hydrogen-bond acceptors (Lipinski definition) is 3. The molecule has 2 nitrogen and oxygen atoms in total. The highest BCUT2D eigenvalue weighted by Gasteiger charge is 2.24. The number of ether oxygens (including phenoxy) is 1. The highest BCUT2D eigenvalue weighted by molar-refractivity contribution is 14.1. The molecule has 1 aromatic rings. The van der Waals surface area contributed by atoms with Crippen molar-refractivity contribution in [2.24, 2.45) is 0 Å². The van der Waals surface area contributed by atoms with Crippen molar-refractivity contribution in [2.75, 3.05) is 6.26 Å². The quantitative estimate of drug-likeness (QED) is 0.633. The monoisotopic (exact) mass is 307 g/mol. The van der Waals surface area contributed by atoms with E-state index in [2.05, 4.69) is 33.8 Å². The minimum Gasteiger partial charge on any atom is -0.488 e. The number of nitrogens with zero attached hydrogens (tertiary/aromatic N) is 1. The Labute approximate surface area is 95.6 Å². The largest absolute Gasteiger partial charge is 0.488 e. The standard InChI is InChI=1S/C9H10INOS/c1-13-8-5-11-4-7(9(8)10)12-6-2-3-6/h4-6H,2-3H2,1H3.